The SMILES string of the molecule is CCC1CCN(S(=O)(=O)c2scnc2C(=O)OC)CC1. The fourth-order valence-corrected chi connectivity index (χ4v) is 5.07. The number of thiazole rings is 1. The molecule has 0 aliphatic carbocycles. The highest BCUT2D eigenvalue weighted by Gasteiger charge is 2.34. The molecule has 0 aromatic carbocycles. The summed E-state index contributed by atoms with van der Waals surface area (Å²) in [5, 5.41) is 0. The molecule has 0 spiro atoms. The van der Waals surface area contributed by atoms with Crippen molar-refractivity contribution in [3.63, 3.8) is 0 Å². The van der Waals surface area contributed by atoms with Gasteiger partial charge >= 0.3 is 5.97 Å². The predicted octanol–water partition coefficient (Wildman–Crippen LogP) is 1.74. The molecule has 20 heavy (non-hydrogen) atoms. The first-order valence-electron chi connectivity index (χ1n) is 6.52. The Morgan fingerprint density at radius 3 is 2.70 bits per heavy atom. The molecule has 1 aliphatic heterocycles. The number of hydrogen-bond acceptors (Lipinski definition) is 6. The van der Waals surface area contributed by atoms with Crippen LogP contribution in [0.5, 0.6) is 0 Å². The molecule has 0 saturated carbocycles. The van der Waals surface area contributed by atoms with Crippen LogP contribution < -0.4 is 0 Å². The number of nitrogens with zero attached hydrogens (tertiary/aromatic N) is 2. The number of ether oxygens (including phenoxy) is 1. The van der Waals surface area contributed by atoms with Crippen molar-refractivity contribution in [2.24, 2.45) is 5.92 Å². The van der Waals surface area contributed by atoms with Gasteiger partial charge in [0.1, 0.15) is 0 Å². The first-order chi connectivity index (χ1) is 9.50. The van der Waals surface area contributed by atoms with Crippen molar-refractivity contribution in [1.82, 2.24) is 9.29 Å². The van der Waals surface area contributed by atoms with Gasteiger partial charge in [-0.1, -0.05) is 13.3 Å². The van der Waals surface area contributed by atoms with E-state index in [9.17, 15) is 13.2 Å². The van der Waals surface area contributed by atoms with Gasteiger partial charge in [0, 0.05) is 13.1 Å². The van der Waals surface area contributed by atoms with E-state index in [1.165, 1.54) is 16.9 Å². The molecule has 8 heteroatoms. The van der Waals surface area contributed by atoms with Crippen molar-refractivity contribution in [1.29, 1.82) is 0 Å². The van der Waals surface area contributed by atoms with E-state index >= 15 is 0 Å². The van der Waals surface area contributed by atoms with Gasteiger partial charge in [-0.2, -0.15) is 4.31 Å². The Morgan fingerprint density at radius 2 is 2.15 bits per heavy atom. The van der Waals surface area contributed by atoms with E-state index in [2.05, 4.69) is 16.6 Å². The van der Waals surface area contributed by atoms with Gasteiger partial charge in [0.15, 0.2) is 9.90 Å². The number of piperidine rings is 1. The Kier molecular flexibility index (Phi) is 4.77. The predicted molar refractivity (Wildman–Crippen MR) is 75.2 cm³/mol. The van der Waals surface area contributed by atoms with Crippen molar-refractivity contribution in [3.05, 3.63) is 11.2 Å². The van der Waals surface area contributed by atoms with Crippen LogP contribution in [0.4, 0.5) is 0 Å². The highest BCUT2D eigenvalue weighted by atomic mass is 32.2. The molecule has 112 valence electrons. The minimum Gasteiger partial charge on any atom is -0.464 e. The molecule has 0 radical (unpaired) electrons. The van der Waals surface area contributed by atoms with E-state index in [0.29, 0.717) is 19.0 Å². The molecule has 1 aliphatic rings. The Balaban J connectivity index is 2.23. The van der Waals surface area contributed by atoms with Gasteiger partial charge in [-0.25, -0.2) is 18.2 Å². The number of carbonyl (C=O) groups is 1. The summed E-state index contributed by atoms with van der Waals surface area (Å²) in [4.78, 5) is 15.4. The molecule has 6 nitrogen and oxygen atoms in total. The number of methoxy groups -OCH3 is 1. The number of carbonyl (C=O) groups excluding carboxylic acids is 1. The Labute approximate surface area is 122 Å². The van der Waals surface area contributed by atoms with Crippen molar-refractivity contribution < 1.29 is 17.9 Å². The van der Waals surface area contributed by atoms with Crippen molar-refractivity contribution in [2.75, 3.05) is 20.2 Å². The molecule has 0 amide bonds. The lowest BCUT2D eigenvalue weighted by Gasteiger charge is -2.30. The van der Waals surface area contributed by atoms with Gasteiger partial charge in [0.2, 0.25) is 0 Å². The normalized spacial score (nSPS) is 18.1. The van der Waals surface area contributed by atoms with Gasteiger partial charge < -0.3 is 4.74 Å². The second-order valence-electron chi connectivity index (χ2n) is 4.74. The summed E-state index contributed by atoms with van der Waals surface area (Å²) in [5.74, 6) is -0.128. The van der Waals surface area contributed by atoms with Crippen molar-refractivity contribution >= 4 is 27.3 Å². The molecule has 0 unspecified atom stereocenters. The van der Waals surface area contributed by atoms with Gasteiger partial charge in [-0.05, 0) is 18.8 Å². The fourth-order valence-electron chi connectivity index (χ4n) is 2.33. The molecular weight excluding hydrogens is 300 g/mol. The smallest absolute Gasteiger partial charge is 0.358 e. The largest absolute Gasteiger partial charge is 0.464 e. The lowest BCUT2D eigenvalue weighted by Crippen LogP contribution is -2.38. The van der Waals surface area contributed by atoms with Crippen LogP contribution in [0.1, 0.15) is 36.7 Å². The molecule has 0 atom stereocenters. The average Bonchev–Trinajstić information content (AvgIpc) is 2.96. The second-order valence-corrected chi connectivity index (χ2v) is 7.72. The van der Waals surface area contributed by atoms with Crippen LogP contribution in [-0.2, 0) is 14.8 Å². The third-order valence-electron chi connectivity index (χ3n) is 3.64. The first kappa shape index (κ1) is 15.4. The van der Waals surface area contributed by atoms with Crippen LogP contribution in [0.3, 0.4) is 0 Å². The molecule has 0 bridgehead atoms. The number of sulfonamides is 1. The zero-order chi connectivity index (χ0) is 14.8. The molecule has 2 rings (SSSR count). The minimum absolute atomic E-state index is 0.0145. The zero-order valence-electron chi connectivity index (χ0n) is 11.5. The van der Waals surface area contributed by atoms with Gasteiger partial charge in [0.05, 0.1) is 12.6 Å². The molecule has 1 fully saturated rings. The lowest BCUT2D eigenvalue weighted by atomic mass is 9.96. The Hall–Kier alpha value is -0.990. The van der Waals surface area contributed by atoms with E-state index in [1.807, 2.05) is 0 Å². The quantitative estimate of drug-likeness (QED) is 0.790. The van der Waals surface area contributed by atoms with Gasteiger partial charge in [0.25, 0.3) is 10.0 Å². The molecular formula is C12H18N2O4S2. The Bertz CT molecular complexity index is 574. The lowest BCUT2D eigenvalue weighted by molar-refractivity contribution is 0.0590. The van der Waals surface area contributed by atoms with Crippen LogP contribution >= 0.6 is 11.3 Å². The van der Waals surface area contributed by atoms with Crippen LogP contribution in [0.25, 0.3) is 0 Å². The summed E-state index contributed by atoms with van der Waals surface area (Å²) >= 11 is 0.959. The monoisotopic (exact) mass is 318 g/mol. The summed E-state index contributed by atoms with van der Waals surface area (Å²) in [5.41, 5.74) is 1.24. The third-order valence-corrected chi connectivity index (χ3v) is 6.88. The molecule has 1 aromatic rings. The highest BCUT2D eigenvalue weighted by molar-refractivity contribution is 7.91. The average molecular weight is 318 g/mol. The van der Waals surface area contributed by atoms with Gasteiger partial charge in [-0.3, -0.25) is 0 Å². The van der Waals surface area contributed by atoms with E-state index in [0.717, 1.165) is 30.6 Å². The molecule has 1 aromatic heterocycles. The maximum Gasteiger partial charge on any atom is 0.358 e. The summed E-state index contributed by atoms with van der Waals surface area (Å²) < 4.78 is 31.1. The fraction of sp³-hybridized carbons (Fsp3) is 0.667. The third kappa shape index (κ3) is 2.87. The topological polar surface area (TPSA) is 76.6 Å². The van der Waals surface area contributed by atoms with E-state index in [1.54, 1.807) is 0 Å². The van der Waals surface area contributed by atoms with Crippen LogP contribution in [0.2, 0.25) is 0 Å². The van der Waals surface area contributed by atoms with E-state index < -0.39 is 16.0 Å². The summed E-state index contributed by atoms with van der Waals surface area (Å²) in [7, 11) is -2.43. The number of aromatic nitrogens is 1. The Morgan fingerprint density at radius 1 is 1.50 bits per heavy atom. The maximum absolute atomic E-state index is 12.6. The van der Waals surface area contributed by atoms with Crippen LogP contribution in [-0.4, -0.2) is 43.9 Å². The van der Waals surface area contributed by atoms with Crippen LogP contribution in [0.15, 0.2) is 9.72 Å². The number of hydrogen-bond donors (Lipinski definition) is 0. The van der Waals surface area contributed by atoms with E-state index in [-0.39, 0.29) is 9.90 Å². The number of rotatable bonds is 4. The summed E-state index contributed by atoms with van der Waals surface area (Å²) in [6.45, 7) is 3.12. The second kappa shape index (κ2) is 6.19. The summed E-state index contributed by atoms with van der Waals surface area (Å²) in [6.07, 6.45) is 2.80. The standard InChI is InChI=1S/C12H18N2O4S2/c1-3-9-4-6-14(7-5-9)20(16,17)12-10(11(15)18-2)13-8-19-12/h8-9H,3-7H2,1-2H3. The molecule has 1 saturated heterocycles. The van der Waals surface area contributed by atoms with Gasteiger partial charge in [-0.15, -0.1) is 11.3 Å². The van der Waals surface area contributed by atoms with Crippen molar-refractivity contribution in [2.45, 2.75) is 30.4 Å². The van der Waals surface area contributed by atoms with Crippen molar-refractivity contribution in [3.8, 4) is 0 Å². The zero-order valence-corrected chi connectivity index (χ0v) is 13.2. The van der Waals surface area contributed by atoms with E-state index in [4.69, 9.17) is 0 Å². The highest BCUT2D eigenvalue weighted by Crippen LogP contribution is 2.29. The molecule has 2 heterocycles. The molecule has 0 N–H and O–H groups in total. The number of esters is 1. The minimum atomic E-state index is -3.65. The summed E-state index contributed by atoms with van der Waals surface area (Å²) in [6, 6.07) is 0. The maximum atomic E-state index is 12.6. The van der Waals surface area contributed by atoms with Crippen LogP contribution in [0, 0.1) is 5.92 Å². The first-order valence-corrected chi connectivity index (χ1v) is 8.84.